The number of unbranched alkanes of at least 4 members (excludes halogenated alkanes) is 1. The number of likely N-dealkylation sites (N-methyl/N-ethyl adjacent to an activating group) is 2. The van der Waals surface area contributed by atoms with E-state index in [0.717, 1.165) is 0 Å². The zero-order valence-corrected chi connectivity index (χ0v) is 14.3. The van der Waals surface area contributed by atoms with Crippen molar-refractivity contribution in [3.05, 3.63) is 0 Å². The normalized spacial score (nSPS) is 16.6. The molecule has 0 aliphatic carbocycles. The highest BCUT2D eigenvalue weighted by atomic mass is 16.4. The van der Waals surface area contributed by atoms with Gasteiger partial charge in [0, 0.05) is 6.61 Å². The average Bonchev–Trinajstić information content (AvgIpc) is 2.53. The molecular weight excluding hydrogens is 320 g/mol. The summed E-state index contributed by atoms with van der Waals surface area (Å²) in [5.41, 5.74) is 0. The van der Waals surface area contributed by atoms with Crippen molar-refractivity contribution in [2.75, 3.05) is 33.8 Å². The number of carbonyl (C=O) groups excluding carboxylic acids is 1. The van der Waals surface area contributed by atoms with E-state index in [-0.39, 0.29) is 19.6 Å². The van der Waals surface area contributed by atoms with Gasteiger partial charge in [-0.3, -0.25) is 14.5 Å². The summed E-state index contributed by atoms with van der Waals surface area (Å²) >= 11 is 0. The Labute approximate surface area is 141 Å². The van der Waals surface area contributed by atoms with E-state index in [4.69, 9.17) is 10.2 Å². The molecule has 0 spiro atoms. The fourth-order valence-corrected chi connectivity index (χ4v) is 2.26. The molecule has 0 amide bonds. The van der Waals surface area contributed by atoms with E-state index >= 15 is 0 Å². The molecule has 0 aliphatic heterocycles. The van der Waals surface area contributed by atoms with Gasteiger partial charge in [-0.05, 0) is 39.9 Å². The van der Waals surface area contributed by atoms with Crippen LogP contribution in [0.4, 0.5) is 0 Å². The number of hydrogen-bond acceptors (Lipinski definition) is 8. The van der Waals surface area contributed by atoms with Crippen molar-refractivity contribution >= 4 is 11.8 Å². The van der Waals surface area contributed by atoms with Gasteiger partial charge in [0.25, 0.3) is 0 Å². The van der Waals surface area contributed by atoms with Crippen LogP contribution < -0.4 is 5.32 Å². The summed E-state index contributed by atoms with van der Waals surface area (Å²) in [7, 11) is 3.26. The van der Waals surface area contributed by atoms with Crippen molar-refractivity contribution < 1.29 is 35.1 Å². The molecule has 0 aromatic carbocycles. The van der Waals surface area contributed by atoms with E-state index in [1.807, 2.05) is 0 Å². The van der Waals surface area contributed by atoms with Crippen LogP contribution in [0.25, 0.3) is 0 Å². The number of carboxylic acid groups (broad SMARTS) is 1. The third-order valence-corrected chi connectivity index (χ3v) is 3.83. The van der Waals surface area contributed by atoms with Crippen molar-refractivity contribution in [3.63, 3.8) is 0 Å². The van der Waals surface area contributed by atoms with Crippen LogP contribution in [-0.2, 0) is 9.59 Å². The molecule has 9 nitrogen and oxygen atoms in total. The number of aliphatic hydroxyl groups excluding tert-OH is 4. The molecule has 0 unspecified atom stereocenters. The summed E-state index contributed by atoms with van der Waals surface area (Å²) in [5, 5.41) is 49.1. The summed E-state index contributed by atoms with van der Waals surface area (Å²) in [4.78, 5) is 24.4. The molecule has 0 rings (SSSR count). The summed E-state index contributed by atoms with van der Waals surface area (Å²) in [6, 6.07) is -0.595. The van der Waals surface area contributed by atoms with Gasteiger partial charge in [-0.25, -0.2) is 0 Å². The number of carbonyl (C=O) groups is 2. The summed E-state index contributed by atoms with van der Waals surface area (Å²) in [6.07, 6.45) is -3.02. The van der Waals surface area contributed by atoms with E-state index in [1.165, 1.54) is 0 Å². The molecule has 0 aromatic rings. The Bertz CT molecular complexity index is 381. The second-order valence-corrected chi connectivity index (χ2v) is 5.89. The van der Waals surface area contributed by atoms with Gasteiger partial charge < -0.3 is 30.8 Å². The number of hydrogen-bond donors (Lipinski definition) is 6. The monoisotopic (exact) mass is 350 g/mol. The minimum absolute atomic E-state index is 0.0988. The first-order chi connectivity index (χ1) is 11.2. The van der Waals surface area contributed by atoms with Gasteiger partial charge in [-0.1, -0.05) is 6.42 Å². The first kappa shape index (κ1) is 22.9. The smallest absolute Gasteiger partial charge is 0.320 e. The molecular formula is C15H30N2O7. The number of nitrogens with one attached hydrogen (secondary N) is 1. The van der Waals surface area contributed by atoms with Crippen molar-refractivity contribution in [3.8, 4) is 0 Å². The topological polar surface area (TPSA) is 151 Å². The molecule has 24 heavy (non-hydrogen) atoms. The zero-order chi connectivity index (χ0) is 18.7. The van der Waals surface area contributed by atoms with Crippen LogP contribution in [-0.4, -0.2) is 100 Å². The van der Waals surface area contributed by atoms with Gasteiger partial charge in [0.2, 0.25) is 0 Å². The Hall–Kier alpha value is -1.10. The Morgan fingerprint density at radius 2 is 1.75 bits per heavy atom. The fourth-order valence-electron chi connectivity index (χ4n) is 2.26. The number of rotatable bonds is 14. The van der Waals surface area contributed by atoms with Crippen molar-refractivity contribution in [1.82, 2.24) is 10.2 Å². The largest absolute Gasteiger partial charge is 0.480 e. The Kier molecular flexibility index (Phi) is 11.7. The van der Waals surface area contributed by atoms with E-state index in [0.29, 0.717) is 25.8 Å². The molecule has 0 aliphatic rings. The molecule has 142 valence electrons. The maximum atomic E-state index is 11.9. The van der Waals surface area contributed by atoms with E-state index in [2.05, 4.69) is 5.32 Å². The Morgan fingerprint density at radius 1 is 1.12 bits per heavy atom. The van der Waals surface area contributed by atoms with Gasteiger partial charge in [0.15, 0.2) is 5.78 Å². The summed E-state index contributed by atoms with van der Waals surface area (Å²) < 4.78 is 0. The molecule has 6 N–H and O–H groups in total. The van der Waals surface area contributed by atoms with Gasteiger partial charge in [0.05, 0.1) is 12.6 Å². The Morgan fingerprint density at radius 3 is 2.25 bits per heavy atom. The summed E-state index contributed by atoms with van der Waals surface area (Å²) in [5.74, 6) is -1.53. The van der Waals surface area contributed by atoms with Crippen LogP contribution >= 0.6 is 0 Å². The molecule has 0 radical (unpaired) electrons. The number of carboxylic acids is 1. The van der Waals surface area contributed by atoms with Crippen molar-refractivity contribution in [2.24, 2.45) is 0 Å². The van der Waals surface area contributed by atoms with Crippen molar-refractivity contribution in [1.29, 1.82) is 0 Å². The number of aliphatic carboxylic acids is 1. The lowest BCUT2D eigenvalue weighted by Gasteiger charge is -2.23. The first-order valence-corrected chi connectivity index (χ1v) is 8.01. The maximum Gasteiger partial charge on any atom is 0.320 e. The lowest BCUT2D eigenvalue weighted by molar-refractivity contribution is -0.140. The number of nitrogens with zero attached hydrogens (tertiary/aromatic N) is 1. The molecule has 0 fully saturated rings. The van der Waals surface area contributed by atoms with E-state index < -0.39 is 36.1 Å². The quantitative estimate of drug-likeness (QED) is 0.192. The maximum absolute atomic E-state index is 11.9. The summed E-state index contributed by atoms with van der Waals surface area (Å²) in [6.45, 7) is 0.0747. The predicted octanol–water partition coefficient (Wildman–Crippen LogP) is -2.20. The van der Waals surface area contributed by atoms with Crippen LogP contribution in [0.5, 0.6) is 0 Å². The highest BCUT2D eigenvalue weighted by Crippen LogP contribution is 2.07. The molecule has 0 saturated heterocycles. The molecule has 0 aromatic heterocycles. The molecule has 9 heteroatoms. The number of aliphatic hydroxyl groups is 4. The number of Topliss-reactive ketones (excluding diaryl/α,β-unsaturated/α-hetero) is 1. The fraction of sp³-hybridized carbons (Fsp3) is 0.867. The van der Waals surface area contributed by atoms with Gasteiger partial charge >= 0.3 is 5.97 Å². The minimum atomic E-state index is -1.71. The molecule has 0 bridgehead atoms. The van der Waals surface area contributed by atoms with Crippen molar-refractivity contribution in [2.45, 2.75) is 50.0 Å². The molecule has 4 atom stereocenters. The number of ketones is 1. The van der Waals surface area contributed by atoms with E-state index in [1.54, 1.807) is 19.0 Å². The SMILES string of the molecule is CN[C@@H](CCCCN(C)CC(=O)[C@@H](O)[C@H](O)[C@H](O)CCO)C(=O)O. The third kappa shape index (κ3) is 8.67. The molecule has 0 heterocycles. The van der Waals surface area contributed by atoms with Gasteiger partial charge in [-0.2, -0.15) is 0 Å². The van der Waals surface area contributed by atoms with Crippen LogP contribution in [0, 0.1) is 0 Å². The third-order valence-electron chi connectivity index (χ3n) is 3.83. The highest BCUT2D eigenvalue weighted by Gasteiger charge is 2.30. The highest BCUT2D eigenvalue weighted by molar-refractivity contribution is 5.85. The predicted molar refractivity (Wildman–Crippen MR) is 86.6 cm³/mol. The van der Waals surface area contributed by atoms with Crippen LogP contribution in [0.15, 0.2) is 0 Å². The second kappa shape index (κ2) is 12.3. The van der Waals surface area contributed by atoms with E-state index in [9.17, 15) is 24.9 Å². The van der Waals surface area contributed by atoms with Gasteiger partial charge in [-0.15, -0.1) is 0 Å². The Balaban J connectivity index is 4.11. The van der Waals surface area contributed by atoms with Crippen LogP contribution in [0.3, 0.4) is 0 Å². The van der Waals surface area contributed by atoms with Gasteiger partial charge in [0.1, 0.15) is 18.2 Å². The van der Waals surface area contributed by atoms with Crippen LogP contribution in [0.1, 0.15) is 25.7 Å². The lowest BCUT2D eigenvalue weighted by Crippen LogP contribution is -2.46. The van der Waals surface area contributed by atoms with Crippen LogP contribution in [0.2, 0.25) is 0 Å². The second-order valence-electron chi connectivity index (χ2n) is 5.89. The zero-order valence-electron chi connectivity index (χ0n) is 14.3. The average molecular weight is 350 g/mol. The lowest BCUT2D eigenvalue weighted by atomic mass is 10.0. The standard InChI is InChI=1S/C15H30N2O7/c1-16-10(15(23)24)5-3-4-7-17(2)9-12(20)14(22)13(21)11(19)6-8-18/h10-11,13-14,16,18-19,21-22H,3-9H2,1-2H3,(H,23,24)/t10-,11+,13+,14+/m0/s1. The molecule has 0 saturated carbocycles. The minimum Gasteiger partial charge on any atom is -0.480 e. The first-order valence-electron chi connectivity index (χ1n) is 8.01.